The molecule has 6 unspecified atom stereocenters. The van der Waals surface area contributed by atoms with Gasteiger partial charge in [-0.1, -0.05) is 43.2 Å². The largest absolute Gasteiger partial charge is 0.287 e. The quantitative estimate of drug-likeness (QED) is 0.505. The minimum Gasteiger partial charge on any atom is -0.287 e. The van der Waals surface area contributed by atoms with Crippen LogP contribution in [-0.2, 0) is 0 Å². The normalized spacial score (nSPS) is 40.5. The van der Waals surface area contributed by atoms with Crippen molar-refractivity contribution in [3.63, 3.8) is 0 Å². The number of aliphatic imine (C=N–C) groups is 1. The summed E-state index contributed by atoms with van der Waals surface area (Å²) in [5.74, 6) is 3.96. The van der Waals surface area contributed by atoms with Crippen molar-refractivity contribution in [1.29, 1.82) is 0 Å². The van der Waals surface area contributed by atoms with E-state index < -0.39 is 0 Å². The molecule has 4 fully saturated rings. The molecule has 4 saturated carbocycles. The zero-order chi connectivity index (χ0) is 16.1. The van der Waals surface area contributed by atoms with E-state index in [-0.39, 0.29) is 6.04 Å². The Balaban J connectivity index is 1.45. The summed E-state index contributed by atoms with van der Waals surface area (Å²) in [7, 11) is 0. The SMILES string of the molecule is ON(C(=NC1CC2CCC1C2)c1ccccc1)C1CC2CCC1C2. The van der Waals surface area contributed by atoms with Crippen LogP contribution in [0.4, 0.5) is 0 Å². The van der Waals surface area contributed by atoms with E-state index in [0.717, 1.165) is 35.6 Å². The Morgan fingerprint density at radius 3 is 2.17 bits per heavy atom. The average Bonchev–Trinajstić information content (AvgIpc) is 3.40. The molecule has 3 nitrogen and oxygen atoms in total. The topological polar surface area (TPSA) is 35.8 Å². The zero-order valence-electron chi connectivity index (χ0n) is 14.3. The van der Waals surface area contributed by atoms with Crippen LogP contribution in [0.25, 0.3) is 0 Å². The summed E-state index contributed by atoms with van der Waals surface area (Å²) >= 11 is 0. The van der Waals surface area contributed by atoms with E-state index >= 15 is 0 Å². The van der Waals surface area contributed by atoms with Crippen LogP contribution in [0, 0.1) is 23.7 Å². The maximum Gasteiger partial charge on any atom is 0.155 e. The molecule has 128 valence electrons. The highest BCUT2D eigenvalue weighted by Crippen LogP contribution is 2.48. The smallest absolute Gasteiger partial charge is 0.155 e. The molecule has 3 heteroatoms. The van der Waals surface area contributed by atoms with Crippen LogP contribution in [0.2, 0.25) is 0 Å². The van der Waals surface area contributed by atoms with E-state index in [4.69, 9.17) is 4.99 Å². The molecule has 0 aromatic heterocycles. The first-order valence-corrected chi connectivity index (χ1v) is 9.89. The zero-order valence-corrected chi connectivity index (χ0v) is 14.3. The molecule has 5 rings (SSSR count). The molecular weight excluding hydrogens is 296 g/mol. The molecule has 4 aliphatic rings. The lowest BCUT2D eigenvalue weighted by atomic mass is 9.94. The van der Waals surface area contributed by atoms with Gasteiger partial charge in [-0.05, 0) is 62.2 Å². The van der Waals surface area contributed by atoms with Gasteiger partial charge < -0.3 is 0 Å². The van der Waals surface area contributed by atoms with Crippen LogP contribution in [-0.4, -0.2) is 28.2 Å². The molecule has 0 saturated heterocycles. The van der Waals surface area contributed by atoms with Gasteiger partial charge in [0.05, 0.1) is 12.1 Å². The summed E-state index contributed by atoms with van der Waals surface area (Å²) in [5, 5.41) is 12.7. The van der Waals surface area contributed by atoms with E-state index in [0.29, 0.717) is 12.0 Å². The van der Waals surface area contributed by atoms with Crippen LogP contribution in [0.15, 0.2) is 35.3 Å². The van der Waals surface area contributed by atoms with Crippen LogP contribution in [0.5, 0.6) is 0 Å². The first-order valence-electron chi connectivity index (χ1n) is 9.89. The lowest BCUT2D eigenvalue weighted by molar-refractivity contribution is -0.0700. The van der Waals surface area contributed by atoms with E-state index in [2.05, 4.69) is 24.3 Å². The summed E-state index contributed by atoms with van der Waals surface area (Å²) in [6.45, 7) is 0. The molecule has 24 heavy (non-hydrogen) atoms. The number of rotatable bonds is 3. The number of fused-ring (bicyclic) bond motifs is 4. The number of hydrogen-bond acceptors (Lipinski definition) is 2. The van der Waals surface area contributed by atoms with E-state index in [1.165, 1.54) is 44.9 Å². The van der Waals surface area contributed by atoms with Gasteiger partial charge in [-0.2, -0.15) is 0 Å². The molecule has 1 N–H and O–H groups in total. The molecule has 0 amide bonds. The molecule has 0 spiro atoms. The van der Waals surface area contributed by atoms with Crippen molar-refractivity contribution in [3.8, 4) is 0 Å². The fourth-order valence-corrected chi connectivity index (χ4v) is 6.05. The second-order valence-corrected chi connectivity index (χ2v) is 8.65. The van der Waals surface area contributed by atoms with Gasteiger partial charge in [-0.15, -0.1) is 0 Å². The van der Waals surface area contributed by atoms with Crippen LogP contribution < -0.4 is 0 Å². The van der Waals surface area contributed by atoms with Gasteiger partial charge >= 0.3 is 0 Å². The predicted molar refractivity (Wildman–Crippen MR) is 95.1 cm³/mol. The fourth-order valence-electron chi connectivity index (χ4n) is 6.05. The molecule has 4 aliphatic carbocycles. The van der Waals surface area contributed by atoms with Crippen LogP contribution >= 0.6 is 0 Å². The monoisotopic (exact) mass is 324 g/mol. The van der Waals surface area contributed by atoms with Crippen LogP contribution in [0.1, 0.15) is 56.9 Å². The highest BCUT2D eigenvalue weighted by atomic mass is 16.5. The summed E-state index contributed by atoms with van der Waals surface area (Å²) in [6, 6.07) is 11.1. The molecule has 0 heterocycles. The number of benzene rings is 1. The molecule has 0 radical (unpaired) electrons. The van der Waals surface area contributed by atoms with Crippen molar-refractivity contribution >= 4 is 5.84 Å². The maximum atomic E-state index is 11.1. The minimum atomic E-state index is 0.279. The van der Waals surface area contributed by atoms with Crippen molar-refractivity contribution < 1.29 is 5.21 Å². The van der Waals surface area contributed by atoms with Crippen molar-refractivity contribution in [1.82, 2.24) is 5.06 Å². The Morgan fingerprint density at radius 2 is 1.58 bits per heavy atom. The third-order valence-corrected chi connectivity index (χ3v) is 7.25. The van der Waals surface area contributed by atoms with E-state index in [9.17, 15) is 5.21 Å². The van der Waals surface area contributed by atoms with Gasteiger partial charge in [0.15, 0.2) is 5.84 Å². The molecule has 6 atom stereocenters. The van der Waals surface area contributed by atoms with E-state index in [1.807, 2.05) is 6.07 Å². The standard InChI is InChI=1S/C21H28N2O/c24-23(20-13-15-7-9-18(20)11-15)21(16-4-2-1-3-5-16)22-19-12-14-6-8-17(19)10-14/h1-5,14-15,17-20,24H,6-13H2. The third kappa shape index (κ3) is 2.48. The number of hydrogen-bond donors (Lipinski definition) is 1. The van der Waals surface area contributed by atoms with Crippen LogP contribution in [0.3, 0.4) is 0 Å². The Labute approximate surface area is 144 Å². The Morgan fingerprint density at radius 1 is 0.875 bits per heavy atom. The van der Waals surface area contributed by atoms with Gasteiger partial charge in [-0.25, -0.2) is 5.06 Å². The van der Waals surface area contributed by atoms with E-state index in [1.54, 1.807) is 5.06 Å². The molecule has 0 aliphatic heterocycles. The molecular formula is C21H28N2O. The Bertz CT molecular complexity index is 628. The predicted octanol–water partition coefficient (Wildman–Crippen LogP) is 4.50. The van der Waals surface area contributed by atoms with Gasteiger partial charge in [-0.3, -0.25) is 10.2 Å². The van der Waals surface area contributed by atoms with Gasteiger partial charge in [0.1, 0.15) is 0 Å². The molecule has 1 aromatic carbocycles. The molecule has 4 bridgehead atoms. The lowest BCUT2D eigenvalue weighted by Crippen LogP contribution is -2.42. The summed E-state index contributed by atoms with van der Waals surface area (Å²) in [6.07, 6.45) is 10.4. The summed E-state index contributed by atoms with van der Waals surface area (Å²) < 4.78 is 0. The number of amidine groups is 1. The van der Waals surface area contributed by atoms with Gasteiger partial charge in [0.25, 0.3) is 0 Å². The highest BCUT2D eigenvalue weighted by molar-refractivity contribution is 5.98. The first kappa shape index (κ1) is 14.9. The average molecular weight is 324 g/mol. The Hall–Kier alpha value is -1.35. The second kappa shape index (κ2) is 5.87. The summed E-state index contributed by atoms with van der Waals surface area (Å²) in [5.41, 5.74) is 1.07. The third-order valence-electron chi connectivity index (χ3n) is 7.25. The van der Waals surface area contributed by atoms with Crippen molar-refractivity contribution in [2.45, 2.75) is 63.5 Å². The van der Waals surface area contributed by atoms with Gasteiger partial charge in [0, 0.05) is 5.56 Å². The van der Waals surface area contributed by atoms with Crippen molar-refractivity contribution in [2.24, 2.45) is 28.7 Å². The maximum absolute atomic E-state index is 11.1. The van der Waals surface area contributed by atoms with Crippen molar-refractivity contribution in [3.05, 3.63) is 35.9 Å². The fraction of sp³-hybridized carbons (Fsp3) is 0.667. The second-order valence-electron chi connectivity index (χ2n) is 8.65. The Kier molecular flexibility index (Phi) is 3.66. The number of hydroxylamine groups is 2. The van der Waals surface area contributed by atoms with Gasteiger partial charge in [0.2, 0.25) is 0 Å². The lowest BCUT2D eigenvalue weighted by Gasteiger charge is -2.33. The minimum absolute atomic E-state index is 0.279. The number of nitrogens with zero attached hydrogens (tertiary/aromatic N) is 2. The molecule has 1 aromatic rings. The van der Waals surface area contributed by atoms with Crippen molar-refractivity contribution in [2.75, 3.05) is 0 Å². The highest BCUT2D eigenvalue weighted by Gasteiger charge is 2.44. The first-order chi connectivity index (χ1) is 11.8. The summed E-state index contributed by atoms with van der Waals surface area (Å²) in [4.78, 5) is 5.15.